The first-order valence-corrected chi connectivity index (χ1v) is 7.46. The van der Waals surface area contributed by atoms with E-state index < -0.39 is 11.9 Å². The second-order valence-electron chi connectivity index (χ2n) is 5.75. The Labute approximate surface area is 161 Å². The highest BCUT2D eigenvalue weighted by Gasteiger charge is 2.38. The predicted octanol–water partition coefficient (Wildman–Crippen LogP) is 2.12. The van der Waals surface area contributed by atoms with E-state index in [0.29, 0.717) is 18.4 Å². The molecule has 0 bridgehead atoms. The van der Waals surface area contributed by atoms with Gasteiger partial charge in [-0.3, -0.25) is 4.68 Å². The summed E-state index contributed by atoms with van der Waals surface area (Å²) < 4.78 is 40.6. The van der Waals surface area contributed by atoms with Gasteiger partial charge in [-0.05, 0) is 13.5 Å². The third-order valence-electron chi connectivity index (χ3n) is 4.02. The number of nitrogens with zero attached hydrogens (tertiary/aromatic N) is 5. The van der Waals surface area contributed by atoms with Crippen molar-refractivity contribution in [2.45, 2.75) is 18.6 Å². The number of halogens is 5. The Balaban J connectivity index is 0.00000169. The molecule has 0 aromatic carbocycles. The lowest BCUT2D eigenvalue weighted by Crippen LogP contribution is -2.30. The first kappa shape index (κ1) is 22.3. The average Bonchev–Trinajstić information content (AvgIpc) is 3.12. The first-order valence-electron chi connectivity index (χ1n) is 7.46. The van der Waals surface area contributed by atoms with Gasteiger partial charge in [0.05, 0.1) is 11.3 Å². The Morgan fingerprint density at radius 2 is 1.96 bits per heavy atom. The van der Waals surface area contributed by atoms with Crippen molar-refractivity contribution in [3.05, 3.63) is 18.0 Å². The van der Waals surface area contributed by atoms with Crippen molar-refractivity contribution >= 4 is 36.6 Å². The fraction of sp³-hybridized carbons (Fsp3) is 0.500. The number of likely N-dealkylation sites (N-methyl/N-ethyl adjacent to an activating group) is 1. The molecule has 3 N–H and O–H groups in total. The first-order chi connectivity index (χ1) is 11.3. The van der Waals surface area contributed by atoms with Crippen LogP contribution in [-0.2, 0) is 13.2 Å². The molecule has 2 aromatic heterocycles. The number of alkyl halides is 3. The number of hydrogen-bond acceptors (Lipinski definition) is 6. The minimum atomic E-state index is -4.57. The minimum Gasteiger partial charge on any atom is -0.368 e. The standard InChI is InChI=1S/C14H18F3N7.2ClH/c1-19-8-3-4-24(6-8)11-5-10(20-13(18)21-11)9-7-23(2)22-12(9)14(15,16)17;;/h5,7-8,19H,3-4,6H2,1-2H3,(H2,18,20,21);2*1H/t8-;;/m1../s1. The largest absolute Gasteiger partial charge is 0.435 e. The van der Waals surface area contributed by atoms with Gasteiger partial charge in [0, 0.05) is 38.4 Å². The van der Waals surface area contributed by atoms with Crippen molar-refractivity contribution in [3.8, 4) is 11.3 Å². The van der Waals surface area contributed by atoms with Gasteiger partial charge in [0.15, 0.2) is 5.69 Å². The number of aromatic nitrogens is 4. The van der Waals surface area contributed by atoms with Crippen molar-refractivity contribution in [1.82, 2.24) is 25.1 Å². The topological polar surface area (TPSA) is 84.9 Å². The summed E-state index contributed by atoms with van der Waals surface area (Å²) in [4.78, 5) is 10.1. The summed E-state index contributed by atoms with van der Waals surface area (Å²) in [6.45, 7) is 1.46. The van der Waals surface area contributed by atoms with Crippen molar-refractivity contribution < 1.29 is 13.2 Å². The SMILES string of the molecule is CN[C@@H]1CCN(c2cc(-c3cn(C)nc3C(F)(F)F)nc(N)n2)C1.Cl.Cl. The molecule has 0 radical (unpaired) electrons. The monoisotopic (exact) mass is 413 g/mol. The van der Waals surface area contributed by atoms with Gasteiger partial charge in [0.2, 0.25) is 5.95 Å². The van der Waals surface area contributed by atoms with Gasteiger partial charge in [-0.15, -0.1) is 24.8 Å². The molecule has 7 nitrogen and oxygen atoms in total. The zero-order chi connectivity index (χ0) is 17.5. The van der Waals surface area contributed by atoms with Crippen LogP contribution in [0.4, 0.5) is 24.9 Å². The second kappa shape index (κ2) is 8.28. The molecule has 3 heterocycles. The van der Waals surface area contributed by atoms with Crippen LogP contribution in [0.1, 0.15) is 12.1 Å². The van der Waals surface area contributed by atoms with E-state index in [1.807, 2.05) is 11.9 Å². The van der Waals surface area contributed by atoms with E-state index in [-0.39, 0.29) is 42.0 Å². The number of aryl methyl sites for hydroxylation is 1. The molecule has 1 saturated heterocycles. The summed E-state index contributed by atoms with van der Waals surface area (Å²) in [5.41, 5.74) is 4.75. The molecule has 12 heteroatoms. The molecule has 0 spiro atoms. The molecule has 1 aliphatic heterocycles. The quantitative estimate of drug-likeness (QED) is 0.801. The van der Waals surface area contributed by atoms with E-state index in [9.17, 15) is 13.2 Å². The van der Waals surface area contributed by atoms with Crippen LogP contribution in [0.25, 0.3) is 11.3 Å². The van der Waals surface area contributed by atoms with E-state index >= 15 is 0 Å². The number of hydrogen-bond donors (Lipinski definition) is 2. The smallest absolute Gasteiger partial charge is 0.368 e. The zero-order valence-corrected chi connectivity index (χ0v) is 15.8. The molecule has 0 amide bonds. The van der Waals surface area contributed by atoms with Gasteiger partial charge in [-0.25, -0.2) is 4.98 Å². The van der Waals surface area contributed by atoms with Crippen molar-refractivity contribution in [1.29, 1.82) is 0 Å². The van der Waals surface area contributed by atoms with Crippen LogP contribution in [0.15, 0.2) is 12.3 Å². The number of nitrogens with two attached hydrogens (primary N) is 1. The summed E-state index contributed by atoms with van der Waals surface area (Å²) in [5, 5.41) is 6.69. The molecule has 1 aliphatic rings. The van der Waals surface area contributed by atoms with Gasteiger partial charge in [-0.1, -0.05) is 0 Å². The maximum Gasteiger partial charge on any atom is 0.435 e. The van der Waals surface area contributed by atoms with Crippen molar-refractivity contribution in [3.63, 3.8) is 0 Å². The molecule has 1 atom stereocenters. The summed E-state index contributed by atoms with van der Waals surface area (Å²) in [7, 11) is 3.31. The third kappa shape index (κ3) is 4.49. The number of nitrogen functional groups attached to an aromatic ring is 1. The fourth-order valence-electron chi connectivity index (χ4n) is 2.84. The van der Waals surface area contributed by atoms with Gasteiger partial charge in [0.1, 0.15) is 5.82 Å². The van der Waals surface area contributed by atoms with Crippen LogP contribution in [0.5, 0.6) is 0 Å². The highest BCUT2D eigenvalue weighted by Crippen LogP contribution is 2.36. The molecular weight excluding hydrogens is 394 g/mol. The normalized spacial score (nSPS) is 17.0. The Morgan fingerprint density at radius 3 is 2.54 bits per heavy atom. The molecule has 146 valence electrons. The van der Waals surface area contributed by atoms with Crippen LogP contribution in [0.2, 0.25) is 0 Å². The third-order valence-corrected chi connectivity index (χ3v) is 4.02. The van der Waals surface area contributed by atoms with Gasteiger partial charge < -0.3 is 16.0 Å². The lowest BCUT2D eigenvalue weighted by atomic mass is 10.1. The highest BCUT2D eigenvalue weighted by atomic mass is 35.5. The predicted molar refractivity (Wildman–Crippen MR) is 97.8 cm³/mol. The average molecular weight is 414 g/mol. The maximum absolute atomic E-state index is 13.2. The number of anilines is 2. The van der Waals surface area contributed by atoms with E-state index in [2.05, 4.69) is 20.4 Å². The molecule has 26 heavy (non-hydrogen) atoms. The minimum absolute atomic E-state index is 0. The maximum atomic E-state index is 13.2. The number of nitrogens with one attached hydrogen (secondary N) is 1. The molecule has 0 aliphatic carbocycles. The zero-order valence-electron chi connectivity index (χ0n) is 14.1. The van der Waals surface area contributed by atoms with E-state index in [1.165, 1.54) is 19.3 Å². The van der Waals surface area contributed by atoms with Crippen LogP contribution in [0.3, 0.4) is 0 Å². The molecule has 2 aromatic rings. The Morgan fingerprint density at radius 1 is 1.27 bits per heavy atom. The van der Waals surface area contributed by atoms with Crippen LogP contribution in [-0.4, -0.2) is 45.9 Å². The van der Waals surface area contributed by atoms with E-state index in [4.69, 9.17) is 5.73 Å². The number of rotatable bonds is 3. The fourth-order valence-corrected chi connectivity index (χ4v) is 2.84. The van der Waals surface area contributed by atoms with Gasteiger partial charge in [-0.2, -0.15) is 23.3 Å². The molecule has 1 fully saturated rings. The Hall–Kier alpha value is -1.78. The van der Waals surface area contributed by atoms with E-state index in [1.54, 1.807) is 0 Å². The van der Waals surface area contributed by atoms with Gasteiger partial charge >= 0.3 is 6.18 Å². The lowest BCUT2D eigenvalue weighted by molar-refractivity contribution is -0.141. The molecule has 0 saturated carbocycles. The molecular formula is C14H20Cl2F3N7. The van der Waals surface area contributed by atoms with Crippen LogP contribution >= 0.6 is 24.8 Å². The Bertz CT molecular complexity index is 751. The summed E-state index contributed by atoms with van der Waals surface area (Å²) in [6.07, 6.45) is -2.35. The van der Waals surface area contributed by atoms with Crippen LogP contribution in [0, 0.1) is 0 Å². The van der Waals surface area contributed by atoms with Crippen LogP contribution < -0.4 is 16.0 Å². The summed E-state index contributed by atoms with van der Waals surface area (Å²) >= 11 is 0. The molecule has 0 unspecified atom stereocenters. The van der Waals surface area contributed by atoms with Gasteiger partial charge in [0.25, 0.3) is 0 Å². The summed E-state index contributed by atoms with van der Waals surface area (Å²) in [6, 6.07) is 1.84. The second-order valence-corrected chi connectivity index (χ2v) is 5.75. The molecule has 3 rings (SSSR count). The van der Waals surface area contributed by atoms with Crippen molar-refractivity contribution in [2.24, 2.45) is 7.05 Å². The van der Waals surface area contributed by atoms with E-state index in [0.717, 1.165) is 17.6 Å². The lowest BCUT2D eigenvalue weighted by Gasteiger charge is -2.18. The highest BCUT2D eigenvalue weighted by molar-refractivity contribution is 5.85. The summed E-state index contributed by atoms with van der Waals surface area (Å²) in [5.74, 6) is 0.458. The van der Waals surface area contributed by atoms with Crippen molar-refractivity contribution in [2.75, 3.05) is 30.8 Å². The Kier molecular flexibility index (Phi) is 7.09.